The normalized spacial score (nSPS) is 13.3. The highest BCUT2D eigenvalue weighted by Crippen LogP contribution is 2.29. The largest absolute Gasteiger partial charge is 0.489 e. The first kappa shape index (κ1) is 20.3. The highest BCUT2D eigenvalue weighted by molar-refractivity contribution is 5.85. The van der Waals surface area contributed by atoms with Crippen molar-refractivity contribution in [1.29, 1.82) is 0 Å². The lowest BCUT2D eigenvalue weighted by Gasteiger charge is -2.09. The van der Waals surface area contributed by atoms with Crippen molar-refractivity contribution in [3.8, 4) is 11.4 Å². The van der Waals surface area contributed by atoms with Gasteiger partial charge >= 0.3 is 0 Å². The van der Waals surface area contributed by atoms with Gasteiger partial charge in [0, 0.05) is 42.2 Å². The van der Waals surface area contributed by atoms with E-state index in [2.05, 4.69) is 11.4 Å². The summed E-state index contributed by atoms with van der Waals surface area (Å²) in [5, 5.41) is 4.54. The molecule has 0 saturated heterocycles. The number of ether oxygens (including phenoxy) is 1. The van der Waals surface area contributed by atoms with Gasteiger partial charge in [-0.25, -0.2) is 0 Å². The Balaban J connectivity index is 0.00000218. The number of fused-ring (bicyclic) bond motifs is 3. The third-order valence-corrected chi connectivity index (χ3v) is 5.36. The SMILES string of the molecule is Cl.O=c1cc(OCc2ccccc2)ccn1-c1ccc2c3c(oc2c1)CCNCC3. The Morgan fingerprint density at radius 1 is 1.00 bits per heavy atom. The smallest absolute Gasteiger partial charge is 0.258 e. The first-order chi connectivity index (χ1) is 14.3. The number of furan rings is 1. The van der Waals surface area contributed by atoms with Gasteiger partial charge < -0.3 is 14.5 Å². The molecule has 5 nitrogen and oxygen atoms in total. The summed E-state index contributed by atoms with van der Waals surface area (Å²) in [4.78, 5) is 12.7. The van der Waals surface area contributed by atoms with E-state index in [4.69, 9.17) is 9.15 Å². The van der Waals surface area contributed by atoms with Gasteiger partial charge in [-0.15, -0.1) is 12.4 Å². The number of benzene rings is 2. The zero-order chi connectivity index (χ0) is 19.6. The fourth-order valence-corrected chi connectivity index (χ4v) is 3.86. The highest BCUT2D eigenvalue weighted by Gasteiger charge is 2.17. The van der Waals surface area contributed by atoms with E-state index in [1.807, 2.05) is 48.5 Å². The van der Waals surface area contributed by atoms with E-state index in [9.17, 15) is 4.79 Å². The van der Waals surface area contributed by atoms with Gasteiger partial charge in [0.1, 0.15) is 23.7 Å². The maximum absolute atomic E-state index is 12.7. The predicted octanol–water partition coefficient (Wildman–Crippen LogP) is 4.27. The second-order valence-electron chi connectivity index (χ2n) is 7.28. The maximum Gasteiger partial charge on any atom is 0.258 e. The van der Waals surface area contributed by atoms with Gasteiger partial charge in [0.15, 0.2) is 0 Å². The molecule has 0 aliphatic carbocycles. The Morgan fingerprint density at radius 2 is 1.83 bits per heavy atom. The number of hydrogen-bond donors (Lipinski definition) is 1. The zero-order valence-electron chi connectivity index (χ0n) is 16.5. The van der Waals surface area contributed by atoms with Gasteiger partial charge in [-0.05, 0) is 36.7 Å². The first-order valence-corrected chi connectivity index (χ1v) is 9.93. The van der Waals surface area contributed by atoms with E-state index in [0.29, 0.717) is 12.4 Å². The van der Waals surface area contributed by atoms with Crippen LogP contribution in [0, 0.1) is 0 Å². The van der Waals surface area contributed by atoms with E-state index >= 15 is 0 Å². The van der Waals surface area contributed by atoms with E-state index in [1.165, 1.54) is 11.6 Å². The van der Waals surface area contributed by atoms with Gasteiger partial charge in [0.05, 0.1) is 5.69 Å². The molecule has 4 aromatic rings. The second-order valence-corrected chi connectivity index (χ2v) is 7.28. The second kappa shape index (κ2) is 8.78. The standard InChI is InChI=1S/C24H22N2O3.ClH/c27-24-15-19(28-16-17-4-2-1-3-5-17)10-13-26(24)18-6-7-20-21-8-11-25-12-9-22(21)29-23(20)14-18;/h1-7,10,13-15,25H,8-9,11-12,16H2;1H. The molecule has 3 heterocycles. The Bertz CT molecular complexity index is 1210. The summed E-state index contributed by atoms with van der Waals surface area (Å²) >= 11 is 0. The van der Waals surface area contributed by atoms with Crippen LogP contribution in [0.3, 0.4) is 0 Å². The molecule has 0 unspecified atom stereocenters. The van der Waals surface area contributed by atoms with Crippen LogP contribution in [0.1, 0.15) is 16.9 Å². The fraction of sp³-hybridized carbons (Fsp3) is 0.208. The number of halogens is 1. The Morgan fingerprint density at radius 3 is 2.67 bits per heavy atom. The molecule has 0 radical (unpaired) electrons. The van der Waals surface area contributed by atoms with Crippen molar-refractivity contribution in [3.05, 3.63) is 94.1 Å². The van der Waals surface area contributed by atoms with E-state index in [-0.39, 0.29) is 18.0 Å². The van der Waals surface area contributed by atoms with Crippen molar-refractivity contribution in [3.63, 3.8) is 0 Å². The predicted molar refractivity (Wildman–Crippen MR) is 120 cm³/mol. The quantitative estimate of drug-likeness (QED) is 0.533. The van der Waals surface area contributed by atoms with Crippen LogP contribution in [0.5, 0.6) is 5.75 Å². The van der Waals surface area contributed by atoms with Crippen LogP contribution in [0.25, 0.3) is 16.7 Å². The molecule has 1 aliphatic rings. The highest BCUT2D eigenvalue weighted by atomic mass is 35.5. The lowest BCUT2D eigenvalue weighted by molar-refractivity contribution is 0.305. The van der Waals surface area contributed by atoms with Crippen molar-refractivity contribution >= 4 is 23.4 Å². The number of nitrogens with one attached hydrogen (secondary N) is 1. The van der Waals surface area contributed by atoms with Crippen LogP contribution in [-0.2, 0) is 19.4 Å². The molecule has 30 heavy (non-hydrogen) atoms. The fourth-order valence-electron chi connectivity index (χ4n) is 3.86. The molecule has 0 bridgehead atoms. The molecular formula is C24H23ClN2O3. The molecular weight excluding hydrogens is 400 g/mol. The molecule has 2 aromatic heterocycles. The topological polar surface area (TPSA) is 56.4 Å². The molecule has 0 atom stereocenters. The number of hydrogen-bond acceptors (Lipinski definition) is 4. The van der Waals surface area contributed by atoms with Gasteiger partial charge in [-0.3, -0.25) is 9.36 Å². The van der Waals surface area contributed by atoms with Crippen LogP contribution < -0.4 is 15.6 Å². The lowest BCUT2D eigenvalue weighted by atomic mass is 10.1. The third kappa shape index (κ3) is 3.99. The van der Waals surface area contributed by atoms with E-state index < -0.39 is 0 Å². The molecule has 0 saturated carbocycles. The third-order valence-electron chi connectivity index (χ3n) is 5.36. The average molecular weight is 423 g/mol. The summed E-state index contributed by atoms with van der Waals surface area (Å²) in [5.41, 5.74) is 3.85. The van der Waals surface area contributed by atoms with Crippen molar-refractivity contribution in [2.24, 2.45) is 0 Å². The summed E-state index contributed by atoms with van der Waals surface area (Å²) in [6.45, 7) is 2.33. The summed E-state index contributed by atoms with van der Waals surface area (Å²) in [6.07, 6.45) is 3.61. The molecule has 5 rings (SSSR count). The van der Waals surface area contributed by atoms with E-state index in [1.54, 1.807) is 10.8 Å². The minimum Gasteiger partial charge on any atom is -0.489 e. The van der Waals surface area contributed by atoms with Crippen LogP contribution in [0.4, 0.5) is 0 Å². The number of aromatic nitrogens is 1. The Hall–Kier alpha value is -3.02. The van der Waals surface area contributed by atoms with Crippen LogP contribution in [-0.4, -0.2) is 17.7 Å². The Kier molecular flexibility index (Phi) is 5.93. The van der Waals surface area contributed by atoms with Crippen LogP contribution in [0.15, 0.2) is 76.1 Å². The molecule has 1 aliphatic heterocycles. The van der Waals surface area contributed by atoms with Crippen molar-refractivity contribution in [2.45, 2.75) is 19.4 Å². The minimum absolute atomic E-state index is 0. The van der Waals surface area contributed by atoms with Crippen LogP contribution >= 0.6 is 12.4 Å². The Labute approximate surface area is 180 Å². The van der Waals surface area contributed by atoms with Gasteiger partial charge in [0.2, 0.25) is 0 Å². The van der Waals surface area contributed by atoms with Crippen molar-refractivity contribution in [2.75, 3.05) is 13.1 Å². The molecule has 1 N–H and O–H groups in total. The summed E-state index contributed by atoms with van der Waals surface area (Å²) in [7, 11) is 0. The molecule has 0 amide bonds. The molecule has 6 heteroatoms. The van der Waals surface area contributed by atoms with E-state index in [0.717, 1.165) is 53.9 Å². The summed E-state index contributed by atoms with van der Waals surface area (Å²) in [5.74, 6) is 1.62. The van der Waals surface area contributed by atoms with Crippen molar-refractivity contribution in [1.82, 2.24) is 9.88 Å². The molecule has 2 aromatic carbocycles. The summed E-state index contributed by atoms with van der Waals surface area (Å²) in [6, 6.07) is 19.2. The monoisotopic (exact) mass is 422 g/mol. The zero-order valence-corrected chi connectivity index (χ0v) is 17.3. The average Bonchev–Trinajstić information content (AvgIpc) is 2.92. The first-order valence-electron chi connectivity index (χ1n) is 9.93. The minimum atomic E-state index is -0.132. The van der Waals surface area contributed by atoms with Gasteiger partial charge in [-0.1, -0.05) is 30.3 Å². The molecule has 0 fully saturated rings. The maximum atomic E-state index is 12.7. The number of nitrogens with zero attached hydrogens (tertiary/aromatic N) is 1. The van der Waals surface area contributed by atoms with Gasteiger partial charge in [0.25, 0.3) is 5.56 Å². The lowest BCUT2D eigenvalue weighted by Crippen LogP contribution is -2.17. The van der Waals surface area contributed by atoms with Crippen molar-refractivity contribution < 1.29 is 9.15 Å². The van der Waals surface area contributed by atoms with Gasteiger partial charge in [-0.2, -0.15) is 0 Å². The number of pyridine rings is 1. The molecule has 154 valence electrons. The molecule has 0 spiro atoms. The number of rotatable bonds is 4. The summed E-state index contributed by atoms with van der Waals surface area (Å²) < 4.78 is 13.5. The van der Waals surface area contributed by atoms with Crippen LogP contribution in [0.2, 0.25) is 0 Å².